The predicted molar refractivity (Wildman–Crippen MR) is 91.4 cm³/mol. The summed E-state index contributed by atoms with van der Waals surface area (Å²) >= 11 is 0. The van der Waals surface area contributed by atoms with Crippen LogP contribution in [0.2, 0.25) is 0 Å². The molecule has 130 valence electrons. The first-order valence-electron chi connectivity index (χ1n) is 8.75. The van der Waals surface area contributed by atoms with Gasteiger partial charge in [0.1, 0.15) is 11.7 Å². The summed E-state index contributed by atoms with van der Waals surface area (Å²) in [6.45, 7) is 9.88. The van der Waals surface area contributed by atoms with E-state index in [1.165, 1.54) is 11.1 Å². The maximum atomic E-state index is 12.7. The van der Waals surface area contributed by atoms with Crippen LogP contribution in [0.4, 0.5) is 0 Å². The van der Waals surface area contributed by atoms with Crippen molar-refractivity contribution in [3.8, 4) is 0 Å². The van der Waals surface area contributed by atoms with Crippen molar-refractivity contribution in [3.63, 3.8) is 0 Å². The summed E-state index contributed by atoms with van der Waals surface area (Å²) in [5, 5.41) is 0. The first kappa shape index (κ1) is 17.2. The van der Waals surface area contributed by atoms with Crippen LogP contribution in [0.15, 0.2) is 35.5 Å². The largest absolute Gasteiger partial charge is 0.454 e. The maximum Gasteiger partial charge on any atom is 0.334 e. The zero-order valence-electron chi connectivity index (χ0n) is 14.8. The van der Waals surface area contributed by atoms with Gasteiger partial charge in [0.2, 0.25) is 0 Å². The first-order valence-corrected chi connectivity index (χ1v) is 8.75. The minimum absolute atomic E-state index is 0.0155. The Balaban J connectivity index is 1.86. The molecule has 0 bridgehead atoms. The maximum absolute atomic E-state index is 12.7. The summed E-state index contributed by atoms with van der Waals surface area (Å²) in [4.78, 5) is 24.6. The van der Waals surface area contributed by atoms with Gasteiger partial charge in [-0.2, -0.15) is 0 Å². The zero-order chi connectivity index (χ0) is 17.5. The van der Waals surface area contributed by atoms with Crippen molar-refractivity contribution in [3.05, 3.63) is 35.5 Å². The highest BCUT2D eigenvalue weighted by atomic mass is 16.6. The lowest BCUT2D eigenvalue weighted by molar-refractivity contribution is -0.137. The standard InChI is InChI=1S/C20H26O4/c1-12-6-5-7-13(2)10-16-15(14(3)19(22)23-16)11-17(21)20(4)18(24-20)9-8-12/h6,10,15-16,18H,3,5,7-9,11H2,1-2,4H3/b12-6-,13-10?. The lowest BCUT2D eigenvalue weighted by Gasteiger charge is -2.17. The van der Waals surface area contributed by atoms with Crippen LogP contribution in [-0.2, 0) is 19.1 Å². The SMILES string of the molecule is C=C1C(=O)OC2C=C(C)CC/C=C(/C)CCC3OC3(C)C(=O)CC12. The van der Waals surface area contributed by atoms with Gasteiger partial charge in [0.15, 0.2) is 5.78 Å². The fourth-order valence-corrected chi connectivity index (χ4v) is 3.63. The molecule has 4 atom stereocenters. The van der Waals surface area contributed by atoms with Crippen molar-refractivity contribution < 1.29 is 19.1 Å². The van der Waals surface area contributed by atoms with Gasteiger partial charge in [-0.1, -0.05) is 23.8 Å². The van der Waals surface area contributed by atoms with Crippen LogP contribution in [0, 0.1) is 5.92 Å². The molecule has 0 aromatic rings. The highest BCUT2D eigenvalue weighted by Gasteiger charge is 2.58. The molecule has 0 radical (unpaired) electrons. The lowest BCUT2D eigenvalue weighted by atomic mass is 9.85. The molecule has 0 spiro atoms. The van der Waals surface area contributed by atoms with E-state index >= 15 is 0 Å². The zero-order valence-corrected chi connectivity index (χ0v) is 14.8. The molecule has 4 nitrogen and oxygen atoms in total. The number of carbonyl (C=O) groups is 2. The van der Waals surface area contributed by atoms with E-state index in [-0.39, 0.29) is 36.3 Å². The van der Waals surface area contributed by atoms with E-state index in [0.717, 1.165) is 25.7 Å². The highest BCUT2D eigenvalue weighted by Crippen LogP contribution is 2.44. The number of ether oxygens (including phenoxy) is 2. The molecule has 1 aliphatic carbocycles. The molecule has 0 saturated carbocycles. The van der Waals surface area contributed by atoms with E-state index in [0.29, 0.717) is 5.57 Å². The Bertz CT molecular complexity index is 642. The second kappa shape index (κ2) is 6.32. The van der Waals surface area contributed by atoms with E-state index < -0.39 is 5.60 Å². The average Bonchev–Trinajstić information content (AvgIpc) is 3.13. The van der Waals surface area contributed by atoms with Crippen molar-refractivity contribution in [2.45, 2.75) is 70.7 Å². The molecule has 2 saturated heterocycles. The summed E-state index contributed by atoms with van der Waals surface area (Å²) in [5.74, 6) is -0.617. The van der Waals surface area contributed by atoms with Crippen LogP contribution in [0.1, 0.15) is 52.9 Å². The molecule has 4 unspecified atom stereocenters. The molecule has 2 heterocycles. The number of epoxide rings is 1. The summed E-state index contributed by atoms with van der Waals surface area (Å²) in [5.41, 5.74) is 2.21. The Morgan fingerprint density at radius 2 is 1.96 bits per heavy atom. The van der Waals surface area contributed by atoms with Gasteiger partial charge in [0, 0.05) is 17.9 Å². The fraction of sp³-hybridized carbons (Fsp3) is 0.600. The number of ketones is 1. The number of hydrogen-bond donors (Lipinski definition) is 0. The molecule has 0 aromatic heterocycles. The molecule has 0 amide bonds. The van der Waals surface area contributed by atoms with Gasteiger partial charge in [-0.3, -0.25) is 4.79 Å². The first-order chi connectivity index (χ1) is 11.3. The van der Waals surface area contributed by atoms with Crippen LogP contribution in [0.5, 0.6) is 0 Å². The number of esters is 1. The normalized spacial score (nSPS) is 39.8. The monoisotopic (exact) mass is 330 g/mol. The summed E-state index contributed by atoms with van der Waals surface area (Å²) in [6.07, 6.45) is 7.80. The molecule has 3 aliphatic rings. The van der Waals surface area contributed by atoms with Crippen molar-refractivity contribution in [1.29, 1.82) is 0 Å². The number of carbonyl (C=O) groups excluding carboxylic acids is 2. The van der Waals surface area contributed by atoms with Crippen LogP contribution >= 0.6 is 0 Å². The van der Waals surface area contributed by atoms with Crippen LogP contribution in [-0.4, -0.2) is 29.6 Å². The third kappa shape index (κ3) is 3.25. The minimum atomic E-state index is -0.709. The van der Waals surface area contributed by atoms with Crippen LogP contribution in [0.3, 0.4) is 0 Å². The Hall–Kier alpha value is -1.68. The number of allylic oxidation sites excluding steroid dienone is 3. The van der Waals surface area contributed by atoms with E-state index in [1.807, 2.05) is 19.9 Å². The lowest BCUT2D eigenvalue weighted by Crippen LogP contribution is -2.29. The topological polar surface area (TPSA) is 55.9 Å². The predicted octanol–water partition coefficient (Wildman–Crippen LogP) is 3.67. The van der Waals surface area contributed by atoms with Crippen molar-refractivity contribution in [1.82, 2.24) is 0 Å². The van der Waals surface area contributed by atoms with Gasteiger partial charge < -0.3 is 9.47 Å². The highest BCUT2D eigenvalue weighted by molar-refractivity contribution is 5.95. The van der Waals surface area contributed by atoms with Crippen molar-refractivity contribution in [2.75, 3.05) is 0 Å². The second-order valence-electron chi connectivity index (χ2n) is 7.48. The smallest absolute Gasteiger partial charge is 0.334 e. The van der Waals surface area contributed by atoms with Gasteiger partial charge in [-0.05, 0) is 52.5 Å². The molecule has 4 heteroatoms. The molecular weight excluding hydrogens is 304 g/mol. The molecule has 2 aliphatic heterocycles. The molecule has 2 fully saturated rings. The number of fused-ring (bicyclic) bond motifs is 2. The summed E-state index contributed by atoms with van der Waals surface area (Å²) < 4.78 is 11.2. The van der Waals surface area contributed by atoms with E-state index in [4.69, 9.17) is 9.47 Å². The minimum Gasteiger partial charge on any atom is -0.454 e. The van der Waals surface area contributed by atoms with Gasteiger partial charge in [-0.25, -0.2) is 4.79 Å². The Morgan fingerprint density at radius 1 is 1.21 bits per heavy atom. The Labute approximate surface area is 143 Å². The van der Waals surface area contributed by atoms with Crippen LogP contribution in [0.25, 0.3) is 0 Å². The van der Waals surface area contributed by atoms with Gasteiger partial charge in [0.25, 0.3) is 0 Å². The Morgan fingerprint density at radius 3 is 2.71 bits per heavy atom. The molecule has 24 heavy (non-hydrogen) atoms. The second-order valence-corrected chi connectivity index (χ2v) is 7.48. The fourth-order valence-electron chi connectivity index (χ4n) is 3.63. The van der Waals surface area contributed by atoms with Gasteiger partial charge in [0.05, 0.1) is 6.10 Å². The molecule has 0 N–H and O–H groups in total. The van der Waals surface area contributed by atoms with E-state index in [1.54, 1.807) is 0 Å². The quantitative estimate of drug-likeness (QED) is 0.294. The van der Waals surface area contributed by atoms with Gasteiger partial charge in [-0.15, -0.1) is 0 Å². The van der Waals surface area contributed by atoms with E-state index in [9.17, 15) is 9.59 Å². The number of rotatable bonds is 0. The summed E-state index contributed by atoms with van der Waals surface area (Å²) in [6, 6.07) is 0. The van der Waals surface area contributed by atoms with Crippen molar-refractivity contribution in [2.24, 2.45) is 5.92 Å². The molecule has 0 aromatic carbocycles. The van der Waals surface area contributed by atoms with Crippen molar-refractivity contribution >= 4 is 11.8 Å². The average molecular weight is 330 g/mol. The molecule has 3 rings (SSSR count). The summed E-state index contributed by atoms with van der Waals surface area (Å²) in [7, 11) is 0. The van der Waals surface area contributed by atoms with E-state index in [2.05, 4.69) is 19.6 Å². The van der Waals surface area contributed by atoms with Gasteiger partial charge >= 0.3 is 5.97 Å². The molecular formula is C20H26O4. The third-order valence-corrected chi connectivity index (χ3v) is 5.53. The van der Waals surface area contributed by atoms with Crippen LogP contribution < -0.4 is 0 Å². The Kier molecular flexibility index (Phi) is 4.52. The third-order valence-electron chi connectivity index (χ3n) is 5.53. The number of hydrogen-bond acceptors (Lipinski definition) is 4. The number of Topliss-reactive ketones (excluding diaryl/α,β-unsaturated/α-hetero) is 1.